The molecule has 0 spiro atoms. The first-order valence-electron chi connectivity index (χ1n) is 4.65. The molecular weight excluding hydrogens is 193 g/mol. The molecule has 0 fully saturated rings. The summed E-state index contributed by atoms with van der Waals surface area (Å²) in [7, 11) is 1.84. The van der Waals surface area contributed by atoms with Gasteiger partial charge in [-0.15, -0.1) is 0 Å². The van der Waals surface area contributed by atoms with Crippen LogP contribution in [-0.2, 0) is 0 Å². The first-order valence-corrected chi connectivity index (χ1v) is 4.65. The van der Waals surface area contributed by atoms with Gasteiger partial charge in [-0.3, -0.25) is 4.79 Å². The number of carbonyl (C=O) groups is 1. The van der Waals surface area contributed by atoms with Gasteiger partial charge in [0.05, 0.1) is 0 Å². The fraction of sp³-hybridized carbons (Fsp3) is 0.250. The molecule has 0 aliphatic heterocycles. The van der Waals surface area contributed by atoms with Crippen LogP contribution in [0.15, 0.2) is 18.2 Å². The first kappa shape index (κ1) is 11.4. The summed E-state index contributed by atoms with van der Waals surface area (Å²) in [4.78, 5) is 10.5. The van der Waals surface area contributed by atoms with E-state index in [-0.39, 0.29) is 0 Å². The number of hydrogen-bond acceptors (Lipinski definition) is 2. The molecule has 3 heteroatoms. The lowest BCUT2D eigenvalue weighted by atomic mass is 10.1. The van der Waals surface area contributed by atoms with Crippen LogP contribution in [0.5, 0.6) is 0 Å². The Kier molecular flexibility index (Phi) is 4.52. The Morgan fingerprint density at radius 2 is 2.27 bits per heavy atom. The van der Waals surface area contributed by atoms with Crippen molar-refractivity contribution in [1.29, 1.82) is 0 Å². The minimum atomic E-state index is -0.433. The van der Waals surface area contributed by atoms with Crippen molar-refractivity contribution in [2.24, 2.45) is 0 Å². The van der Waals surface area contributed by atoms with Crippen molar-refractivity contribution < 1.29 is 9.18 Å². The van der Waals surface area contributed by atoms with Crippen LogP contribution in [0.1, 0.15) is 22.3 Å². The quantitative estimate of drug-likeness (QED) is 0.461. The molecule has 1 N–H and O–H groups in total. The molecule has 0 unspecified atom stereocenters. The fourth-order valence-corrected chi connectivity index (χ4v) is 1.10. The molecule has 0 radical (unpaired) electrons. The summed E-state index contributed by atoms with van der Waals surface area (Å²) < 4.78 is 13.0. The smallest absolute Gasteiger partial charge is 0.150 e. The molecule has 0 saturated heterocycles. The van der Waals surface area contributed by atoms with E-state index in [9.17, 15) is 9.18 Å². The zero-order valence-electron chi connectivity index (χ0n) is 8.51. The van der Waals surface area contributed by atoms with Gasteiger partial charge in [0.1, 0.15) is 12.1 Å². The number of carbonyl (C=O) groups excluding carboxylic acids is 1. The van der Waals surface area contributed by atoms with E-state index in [0.29, 0.717) is 23.8 Å². The van der Waals surface area contributed by atoms with E-state index in [0.717, 1.165) is 6.54 Å². The normalized spacial score (nSPS) is 9.20. The molecule has 15 heavy (non-hydrogen) atoms. The summed E-state index contributed by atoms with van der Waals surface area (Å²) >= 11 is 0. The van der Waals surface area contributed by atoms with Gasteiger partial charge < -0.3 is 5.32 Å². The Morgan fingerprint density at radius 1 is 1.47 bits per heavy atom. The second-order valence-corrected chi connectivity index (χ2v) is 3.05. The maximum absolute atomic E-state index is 13.0. The van der Waals surface area contributed by atoms with E-state index < -0.39 is 5.82 Å². The summed E-state index contributed by atoms with van der Waals surface area (Å²) in [5.74, 6) is 5.26. The minimum absolute atomic E-state index is 0.313. The van der Waals surface area contributed by atoms with Gasteiger partial charge in [0, 0.05) is 24.1 Å². The maximum Gasteiger partial charge on any atom is 0.150 e. The standard InChI is InChI=1S/C12H12FNO/c1-14-5-3-2-4-10-6-11(9-15)8-12(13)7-10/h6-9,14H,3,5H2,1H3. The molecule has 0 aliphatic carbocycles. The molecule has 1 rings (SSSR count). The Labute approximate surface area is 88.5 Å². The largest absolute Gasteiger partial charge is 0.319 e. The summed E-state index contributed by atoms with van der Waals surface area (Å²) in [6, 6.07) is 4.08. The van der Waals surface area contributed by atoms with E-state index in [2.05, 4.69) is 17.2 Å². The van der Waals surface area contributed by atoms with Gasteiger partial charge in [0.15, 0.2) is 0 Å². The third-order valence-electron chi connectivity index (χ3n) is 1.79. The lowest BCUT2D eigenvalue weighted by molar-refractivity contribution is 0.112. The molecule has 78 valence electrons. The van der Waals surface area contributed by atoms with Crippen molar-refractivity contribution in [2.75, 3.05) is 13.6 Å². The second kappa shape index (κ2) is 5.94. The first-order chi connectivity index (χ1) is 7.26. The van der Waals surface area contributed by atoms with Gasteiger partial charge in [0.25, 0.3) is 0 Å². The third-order valence-corrected chi connectivity index (χ3v) is 1.79. The van der Waals surface area contributed by atoms with Crippen molar-refractivity contribution in [3.8, 4) is 11.8 Å². The van der Waals surface area contributed by atoms with E-state index in [1.807, 2.05) is 7.05 Å². The SMILES string of the molecule is CNCCC#Cc1cc(F)cc(C=O)c1. The average Bonchev–Trinajstić information content (AvgIpc) is 2.23. The molecule has 0 heterocycles. The van der Waals surface area contributed by atoms with Crippen LogP contribution in [0.3, 0.4) is 0 Å². The zero-order chi connectivity index (χ0) is 11.1. The summed E-state index contributed by atoms with van der Waals surface area (Å²) in [6.45, 7) is 0.794. The lowest BCUT2D eigenvalue weighted by Gasteiger charge is -1.94. The molecule has 0 atom stereocenters. The molecule has 0 bridgehead atoms. The van der Waals surface area contributed by atoms with Gasteiger partial charge in [-0.05, 0) is 25.2 Å². The maximum atomic E-state index is 13.0. The van der Waals surface area contributed by atoms with Crippen LogP contribution < -0.4 is 5.32 Å². The van der Waals surface area contributed by atoms with Crippen molar-refractivity contribution >= 4 is 6.29 Å². The van der Waals surface area contributed by atoms with Crippen molar-refractivity contribution in [3.63, 3.8) is 0 Å². The highest BCUT2D eigenvalue weighted by Gasteiger charge is 1.97. The van der Waals surface area contributed by atoms with Crippen LogP contribution >= 0.6 is 0 Å². The van der Waals surface area contributed by atoms with E-state index in [1.165, 1.54) is 12.1 Å². The van der Waals surface area contributed by atoms with Crippen molar-refractivity contribution in [1.82, 2.24) is 5.32 Å². The van der Waals surface area contributed by atoms with Crippen LogP contribution in [0.25, 0.3) is 0 Å². The van der Waals surface area contributed by atoms with Gasteiger partial charge >= 0.3 is 0 Å². The Balaban J connectivity index is 2.79. The molecule has 0 saturated carbocycles. The van der Waals surface area contributed by atoms with Crippen LogP contribution in [0, 0.1) is 17.7 Å². The van der Waals surface area contributed by atoms with Crippen LogP contribution in [-0.4, -0.2) is 19.9 Å². The Bertz CT molecular complexity index is 404. The average molecular weight is 205 g/mol. The van der Waals surface area contributed by atoms with E-state index >= 15 is 0 Å². The monoisotopic (exact) mass is 205 g/mol. The lowest BCUT2D eigenvalue weighted by Crippen LogP contribution is -2.05. The number of aldehydes is 1. The highest BCUT2D eigenvalue weighted by Crippen LogP contribution is 2.06. The van der Waals surface area contributed by atoms with Crippen LogP contribution in [0.4, 0.5) is 4.39 Å². The minimum Gasteiger partial charge on any atom is -0.319 e. The zero-order valence-corrected chi connectivity index (χ0v) is 8.51. The summed E-state index contributed by atoms with van der Waals surface area (Å²) in [6.07, 6.45) is 1.31. The molecule has 2 nitrogen and oxygen atoms in total. The molecule has 0 aliphatic rings. The molecule has 1 aromatic rings. The van der Waals surface area contributed by atoms with E-state index in [1.54, 1.807) is 6.07 Å². The second-order valence-electron chi connectivity index (χ2n) is 3.05. The highest BCUT2D eigenvalue weighted by molar-refractivity contribution is 5.75. The van der Waals surface area contributed by atoms with E-state index in [4.69, 9.17) is 0 Å². The third kappa shape index (κ3) is 3.92. The van der Waals surface area contributed by atoms with Crippen molar-refractivity contribution in [2.45, 2.75) is 6.42 Å². The van der Waals surface area contributed by atoms with Crippen LogP contribution in [0.2, 0.25) is 0 Å². The molecule has 0 aromatic heterocycles. The number of halogens is 1. The van der Waals surface area contributed by atoms with Gasteiger partial charge in [-0.2, -0.15) is 0 Å². The molecular formula is C12H12FNO. The van der Waals surface area contributed by atoms with Crippen molar-refractivity contribution in [3.05, 3.63) is 35.1 Å². The Morgan fingerprint density at radius 3 is 2.93 bits per heavy atom. The van der Waals surface area contributed by atoms with Gasteiger partial charge in [0.2, 0.25) is 0 Å². The van der Waals surface area contributed by atoms with Gasteiger partial charge in [-0.1, -0.05) is 11.8 Å². The summed E-state index contributed by atoms with van der Waals surface area (Å²) in [5.41, 5.74) is 0.848. The number of benzene rings is 1. The predicted molar refractivity (Wildman–Crippen MR) is 57.2 cm³/mol. The molecule has 1 aromatic carbocycles. The fourth-order valence-electron chi connectivity index (χ4n) is 1.10. The number of nitrogens with one attached hydrogen (secondary N) is 1. The Hall–Kier alpha value is -1.66. The highest BCUT2D eigenvalue weighted by atomic mass is 19.1. The van der Waals surface area contributed by atoms with Gasteiger partial charge in [-0.25, -0.2) is 4.39 Å². The topological polar surface area (TPSA) is 29.1 Å². The predicted octanol–water partition coefficient (Wildman–Crippen LogP) is 1.60. The number of rotatable bonds is 3. The number of hydrogen-bond donors (Lipinski definition) is 1. The molecule has 0 amide bonds. The summed E-state index contributed by atoms with van der Waals surface area (Å²) in [5, 5.41) is 2.96.